The summed E-state index contributed by atoms with van der Waals surface area (Å²) in [5.74, 6) is 0.764. The molecule has 0 amide bonds. The molecule has 1 spiro atoms. The molecular weight excluding hydrogens is 484 g/mol. The first kappa shape index (κ1) is 23.4. The first-order valence-corrected chi connectivity index (χ1v) is 14.3. The maximum Gasteiger partial charge on any atom is 0.166 e. The van der Waals surface area contributed by atoms with Gasteiger partial charge in [0.05, 0.1) is 16.7 Å². The smallest absolute Gasteiger partial charge is 0.166 e. The third-order valence-corrected chi connectivity index (χ3v) is 10.0. The lowest BCUT2D eigenvalue weighted by Gasteiger charge is -2.63. The minimum Gasteiger partial charge on any atom is -0.504 e. The lowest BCUT2D eigenvalue weighted by Crippen LogP contribution is -2.74. The molecule has 3 heterocycles. The number of hydrogen-bond acceptors (Lipinski definition) is 4. The van der Waals surface area contributed by atoms with Crippen molar-refractivity contribution in [1.29, 1.82) is 0 Å². The molecule has 4 aromatic rings. The van der Waals surface area contributed by atoms with Crippen molar-refractivity contribution >= 4 is 0 Å². The molecule has 4 aliphatic rings. The van der Waals surface area contributed by atoms with Gasteiger partial charge in [-0.1, -0.05) is 73.7 Å². The highest BCUT2D eigenvalue weighted by atomic mass is 16.5. The van der Waals surface area contributed by atoms with E-state index in [0.717, 1.165) is 55.7 Å². The van der Waals surface area contributed by atoms with Crippen LogP contribution in [0, 0.1) is 0 Å². The number of benzene rings is 3. The van der Waals surface area contributed by atoms with Crippen LogP contribution < -0.4 is 4.74 Å². The van der Waals surface area contributed by atoms with Crippen LogP contribution in [-0.4, -0.2) is 44.4 Å². The number of nitrogens with zero attached hydrogens (tertiary/aromatic N) is 2. The Morgan fingerprint density at radius 3 is 2.54 bits per heavy atom. The molecule has 4 atom stereocenters. The van der Waals surface area contributed by atoms with E-state index >= 15 is 0 Å². The molecule has 2 aliphatic carbocycles. The number of aromatic nitrogens is 1. The van der Waals surface area contributed by atoms with E-state index in [1.54, 1.807) is 6.07 Å². The van der Waals surface area contributed by atoms with Crippen molar-refractivity contribution in [2.45, 2.75) is 62.3 Å². The van der Waals surface area contributed by atoms with Gasteiger partial charge in [0.15, 0.2) is 17.6 Å². The summed E-state index contributed by atoms with van der Waals surface area (Å²) < 4.78 is 9.23. The molecule has 0 radical (unpaired) electrons. The Hall–Kier alpha value is -3.54. The predicted octanol–water partition coefficient (Wildman–Crippen LogP) is 5.61. The van der Waals surface area contributed by atoms with Crippen molar-refractivity contribution < 1.29 is 14.9 Å². The quantitative estimate of drug-likeness (QED) is 0.361. The van der Waals surface area contributed by atoms with Crippen LogP contribution in [0.4, 0.5) is 0 Å². The highest BCUT2D eigenvalue weighted by Crippen LogP contribution is 2.69. The SMILES string of the molecule is CCCN1CC[C@]23c4c5ccc(O)c4O[C@H]2c2c(c(-c4ccccc4)cn2Cc2ccccc2)C[C@@]3(O)C1C5. The topological polar surface area (TPSA) is 57.9 Å². The van der Waals surface area contributed by atoms with E-state index in [-0.39, 0.29) is 17.9 Å². The molecule has 1 saturated heterocycles. The van der Waals surface area contributed by atoms with E-state index in [0.29, 0.717) is 12.2 Å². The summed E-state index contributed by atoms with van der Waals surface area (Å²) in [7, 11) is 0. The van der Waals surface area contributed by atoms with Crippen molar-refractivity contribution in [3.05, 3.63) is 107 Å². The first-order chi connectivity index (χ1) is 19.0. The molecule has 2 bridgehead atoms. The molecule has 1 unspecified atom stereocenters. The van der Waals surface area contributed by atoms with Gasteiger partial charge in [-0.3, -0.25) is 4.90 Å². The van der Waals surface area contributed by atoms with Gasteiger partial charge in [0, 0.05) is 36.3 Å². The molecule has 5 heteroatoms. The Morgan fingerprint density at radius 1 is 1.00 bits per heavy atom. The summed E-state index contributed by atoms with van der Waals surface area (Å²) in [5.41, 5.74) is 6.57. The summed E-state index contributed by atoms with van der Waals surface area (Å²) in [6.07, 6.45) is 5.13. The number of piperidine rings is 1. The number of fused-ring (bicyclic) bond motifs is 2. The summed E-state index contributed by atoms with van der Waals surface area (Å²) in [6, 6.07) is 25.0. The number of hydrogen-bond donors (Lipinski definition) is 2. The van der Waals surface area contributed by atoms with Gasteiger partial charge in [-0.05, 0) is 60.7 Å². The fraction of sp³-hybridized carbons (Fsp3) is 0.353. The number of phenols is 1. The van der Waals surface area contributed by atoms with Gasteiger partial charge in [-0.2, -0.15) is 0 Å². The molecular formula is C34H34N2O3. The van der Waals surface area contributed by atoms with Crippen LogP contribution in [0.15, 0.2) is 79.0 Å². The normalized spacial score (nSPS) is 28.1. The van der Waals surface area contributed by atoms with E-state index in [1.807, 2.05) is 0 Å². The Kier molecular flexibility index (Phi) is 4.93. The fourth-order valence-corrected chi connectivity index (χ4v) is 8.51. The molecule has 39 heavy (non-hydrogen) atoms. The van der Waals surface area contributed by atoms with Crippen LogP contribution in [0.25, 0.3) is 11.1 Å². The van der Waals surface area contributed by atoms with Gasteiger partial charge >= 0.3 is 0 Å². The zero-order valence-electron chi connectivity index (χ0n) is 22.3. The van der Waals surface area contributed by atoms with Gasteiger partial charge in [0.2, 0.25) is 0 Å². The second-order valence-electron chi connectivity index (χ2n) is 11.9. The van der Waals surface area contributed by atoms with Gasteiger partial charge in [0.1, 0.15) is 0 Å². The van der Waals surface area contributed by atoms with E-state index in [9.17, 15) is 10.2 Å². The average molecular weight is 519 g/mol. The number of aromatic hydroxyl groups is 1. The zero-order valence-corrected chi connectivity index (χ0v) is 22.3. The van der Waals surface area contributed by atoms with Crippen molar-refractivity contribution in [1.82, 2.24) is 9.47 Å². The molecule has 2 N–H and O–H groups in total. The van der Waals surface area contributed by atoms with Crippen LogP contribution in [0.3, 0.4) is 0 Å². The first-order valence-electron chi connectivity index (χ1n) is 14.3. The highest BCUT2D eigenvalue weighted by Gasteiger charge is 2.73. The molecule has 5 nitrogen and oxygen atoms in total. The van der Waals surface area contributed by atoms with E-state index in [1.165, 1.54) is 22.3 Å². The molecule has 1 fully saturated rings. The second kappa shape index (κ2) is 8.23. The summed E-state index contributed by atoms with van der Waals surface area (Å²) in [4.78, 5) is 2.52. The molecule has 1 aromatic heterocycles. The minimum absolute atomic E-state index is 0.00883. The summed E-state index contributed by atoms with van der Waals surface area (Å²) in [5, 5.41) is 24.1. The number of ether oxygens (including phenoxy) is 1. The van der Waals surface area contributed by atoms with Gasteiger partial charge in [-0.15, -0.1) is 0 Å². The van der Waals surface area contributed by atoms with Gasteiger partial charge in [-0.25, -0.2) is 0 Å². The third kappa shape index (κ3) is 2.98. The van der Waals surface area contributed by atoms with Crippen LogP contribution >= 0.6 is 0 Å². The van der Waals surface area contributed by atoms with Crippen LogP contribution in [0.1, 0.15) is 53.8 Å². The average Bonchev–Trinajstić information content (AvgIpc) is 3.48. The Bertz CT molecular complexity index is 1580. The Balaban J connectivity index is 1.40. The fourth-order valence-electron chi connectivity index (χ4n) is 8.51. The van der Waals surface area contributed by atoms with Crippen molar-refractivity contribution in [2.75, 3.05) is 13.1 Å². The minimum atomic E-state index is -0.993. The maximum absolute atomic E-state index is 13.1. The third-order valence-electron chi connectivity index (χ3n) is 10.0. The Labute approximate surface area is 229 Å². The standard InChI is InChI=1S/C34H34N2O3/c1-2-16-35-17-15-33-29-24-13-14-27(37)31(29)39-32(33)30-25(19-34(33,38)28(35)18-24)26(23-11-7-4-8-12-23)21-36(30)20-22-9-5-3-6-10-22/h3-14,21,28,32,37-38H,2,15-20H2,1H3/t28?,32-,33-,34+/m0/s1. The molecule has 8 rings (SSSR count). The van der Waals surface area contributed by atoms with Crippen LogP contribution in [0.5, 0.6) is 11.5 Å². The van der Waals surface area contributed by atoms with E-state index in [2.05, 4.69) is 89.3 Å². The molecule has 3 aromatic carbocycles. The van der Waals surface area contributed by atoms with Crippen LogP contribution in [0.2, 0.25) is 0 Å². The summed E-state index contributed by atoms with van der Waals surface area (Å²) in [6.45, 7) is 4.85. The number of likely N-dealkylation sites (tertiary alicyclic amines) is 1. The zero-order chi connectivity index (χ0) is 26.4. The van der Waals surface area contributed by atoms with Crippen molar-refractivity contribution in [2.24, 2.45) is 0 Å². The lowest BCUT2D eigenvalue weighted by molar-refractivity contribution is -0.173. The van der Waals surface area contributed by atoms with Crippen molar-refractivity contribution in [3.63, 3.8) is 0 Å². The van der Waals surface area contributed by atoms with Gasteiger partial charge < -0.3 is 19.5 Å². The molecule has 0 saturated carbocycles. The van der Waals surface area contributed by atoms with E-state index < -0.39 is 11.0 Å². The second-order valence-corrected chi connectivity index (χ2v) is 11.9. The summed E-state index contributed by atoms with van der Waals surface area (Å²) >= 11 is 0. The number of rotatable bonds is 5. The maximum atomic E-state index is 13.1. The number of aliphatic hydroxyl groups is 1. The Morgan fingerprint density at radius 2 is 1.77 bits per heavy atom. The predicted molar refractivity (Wildman–Crippen MR) is 151 cm³/mol. The lowest BCUT2D eigenvalue weighted by atomic mass is 9.49. The number of phenolic OH excluding ortho intramolecular Hbond substituents is 1. The largest absolute Gasteiger partial charge is 0.504 e. The molecule has 2 aliphatic heterocycles. The van der Waals surface area contributed by atoms with Crippen LogP contribution in [-0.2, 0) is 24.8 Å². The highest BCUT2D eigenvalue weighted by molar-refractivity contribution is 5.73. The van der Waals surface area contributed by atoms with Gasteiger partial charge in [0.25, 0.3) is 0 Å². The van der Waals surface area contributed by atoms with Crippen molar-refractivity contribution in [3.8, 4) is 22.6 Å². The molecule has 198 valence electrons. The van der Waals surface area contributed by atoms with E-state index in [4.69, 9.17) is 4.74 Å². The monoisotopic (exact) mass is 518 g/mol.